The Morgan fingerprint density at radius 2 is 2.06 bits per heavy atom. The molecular weight excluding hydrogens is 457 g/mol. The van der Waals surface area contributed by atoms with Crippen molar-refractivity contribution in [1.29, 1.82) is 0 Å². The number of pyridine rings is 1. The van der Waals surface area contributed by atoms with E-state index in [1.165, 1.54) is 23.7 Å². The third kappa shape index (κ3) is 5.00. The highest BCUT2D eigenvalue weighted by atomic mass is 32.1. The van der Waals surface area contributed by atoms with E-state index in [4.69, 9.17) is 9.47 Å². The number of hydrogen-bond acceptors (Lipinski definition) is 7. The van der Waals surface area contributed by atoms with Gasteiger partial charge >= 0.3 is 0 Å². The molecule has 0 radical (unpaired) electrons. The van der Waals surface area contributed by atoms with Crippen LogP contribution in [0.4, 0.5) is 4.39 Å². The second kappa shape index (κ2) is 9.60. The van der Waals surface area contributed by atoms with Crippen LogP contribution in [0.3, 0.4) is 0 Å². The maximum atomic E-state index is 14.7. The summed E-state index contributed by atoms with van der Waals surface area (Å²) in [6, 6.07) is 9.69. The molecule has 3 heterocycles. The molecule has 0 spiro atoms. The SMILES string of the molecule is CC(Oc1ccc(C(=O)C2CC2)nc1)c1cc(-c2ccc(C(=O)NC3CCOC3)c(F)c2)ns1. The van der Waals surface area contributed by atoms with Crippen LogP contribution in [0.5, 0.6) is 5.75 Å². The molecule has 2 aliphatic rings. The van der Waals surface area contributed by atoms with E-state index in [-0.39, 0.29) is 29.4 Å². The molecule has 1 aromatic carbocycles. The number of Topliss-reactive ketones (excluding diaryl/α,β-unsaturated/α-hetero) is 1. The Bertz CT molecular complexity index is 1200. The minimum Gasteiger partial charge on any atom is -0.484 e. The summed E-state index contributed by atoms with van der Waals surface area (Å²) in [6.45, 7) is 2.94. The molecule has 2 atom stereocenters. The van der Waals surface area contributed by atoms with Crippen LogP contribution in [0.25, 0.3) is 11.3 Å². The predicted octanol–water partition coefficient (Wildman–Crippen LogP) is 4.60. The Balaban J connectivity index is 1.23. The van der Waals surface area contributed by atoms with Gasteiger partial charge in [-0.3, -0.25) is 9.59 Å². The van der Waals surface area contributed by atoms with Gasteiger partial charge in [-0.2, -0.15) is 4.37 Å². The van der Waals surface area contributed by atoms with Crippen molar-refractivity contribution in [3.8, 4) is 17.0 Å². The predicted molar refractivity (Wildman–Crippen MR) is 125 cm³/mol. The van der Waals surface area contributed by atoms with Gasteiger partial charge < -0.3 is 14.8 Å². The van der Waals surface area contributed by atoms with Crippen LogP contribution in [0, 0.1) is 11.7 Å². The fraction of sp³-hybridized carbons (Fsp3) is 0.360. The molecule has 1 amide bonds. The van der Waals surface area contributed by atoms with Gasteiger partial charge in [0, 0.05) is 18.1 Å². The molecule has 34 heavy (non-hydrogen) atoms. The third-order valence-corrected chi connectivity index (χ3v) is 6.90. The van der Waals surface area contributed by atoms with Gasteiger partial charge in [0.05, 0.1) is 35.0 Å². The third-order valence-electron chi connectivity index (χ3n) is 5.95. The zero-order valence-corrected chi connectivity index (χ0v) is 19.4. The number of rotatable bonds is 8. The number of ether oxygens (including phenoxy) is 2. The minimum absolute atomic E-state index is 0.00100. The topological polar surface area (TPSA) is 90.4 Å². The van der Waals surface area contributed by atoms with Crippen molar-refractivity contribution in [2.75, 3.05) is 13.2 Å². The zero-order valence-electron chi connectivity index (χ0n) is 18.6. The van der Waals surface area contributed by atoms with Gasteiger partial charge in [0.1, 0.15) is 23.4 Å². The highest BCUT2D eigenvalue weighted by Crippen LogP contribution is 2.33. The first-order valence-electron chi connectivity index (χ1n) is 11.3. The van der Waals surface area contributed by atoms with E-state index >= 15 is 0 Å². The maximum Gasteiger partial charge on any atom is 0.254 e. The molecule has 7 nitrogen and oxygen atoms in total. The highest BCUT2D eigenvalue weighted by molar-refractivity contribution is 7.06. The van der Waals surface area contributed by atoms with Crippen molar-refractivity contribution in [2.24, 2.45) is 5.92 Å². The van der Waals surface area contributed by atoms with Gasteiger partial charge in [-0.25, -0.2) is 9.37 Å². The summed E-state index contributed by atoms with van der Waals surface area (Å²) in [4.78, 5) is 29.6. The largest absolute Gasteiger partial charge is 0.484 e. The van der Waals surface area contributed by atoms with Crippen molar-refractivity contribution >= 4 is 23.2 Å². The van der Waals surface area contributed by atoms with Gasteiger partial charge in [0.2, 0.25) is 0 Å². The Morgan fingerprint density at radius 1 is 1.21 bits per heavy atom. The molecular formula is C25H24FN3O4S. The first-order chi connectivity index (χ1) is 16.5. The lowest BCUT2D eigenvalue weighted by atomic mass is 10.1. The van der Waals surface area contributed by atoms with Gasteiger partial charge in [-0.1, -0.05) is 6.07 Å². The van der Waals surface area contributed by atoms with Gasteiger partial charge in [0.25, 0.3) is 5.91 Å². The van der Waals surface area contributed by atoms with E-state index in [2.05, 4.69) is 14.7 Å². The Hall–Kier alpha value is -3.17. The first-order valence-corrected chi connectivity index (χ1v) is 12.1. The van der Waals surface area contributed by atoms with Gasteiger partial charge in [0.15, 0.2) is 5.78 Å². The van der Waals surface area contributed by atoms with Crippen LogP contribution < -0.4 is 10.1 Å². The molecule has 1 aliphatic carbocycles. The number of carbonyl (C=O) groups is 2. The van der Waals surface area contributed by atoms with E-state index in [0.717, 1.165) is 24.1 Å². The van der Waals surface area contributed by atoms with E-state index in [9.17, 15) is 14.0 Å². The zero-order chi connectivity index (χ0) is 23.7. The summed E-state index contributed by atoms with van der Waals surface area (Å²) in [7, 11) is 0. The van der Waals surface area contributed by atoms with Crippen LogP contribution in [0.2, 0.25) is 0 Å². The van der Waals surface area contributed by atoms with Crippen LogP contribution in [-0.4, -0.2) is 40.3 Å². The second-order valence-corrected chi connectivity index (χ2v) is 9.46. The van der Waals surface area contributed by atoms with E-state index < -0.39 is 11.7 Å². The Kier molecular flexibility index (Phi) is 6.38. The lowest BCUT2D eigenvalue weighted by Crippen LogP contribution is -2.35. The molecule has 1 saturated carbocycles. The Labute approximate surface area is 200 Å². The number of ketones is 1. The van der Waals surface area contributed by atoms with E-state index in [0.29, 0.717) is 35.9 Å². The van der Waals surface area contributed by atoms with Crippen molar-refractivity contribution in [1.82, 2.24) is 14.7 Å². The van der Waals surface area contributed by atoms with Gasteiger partial charge in [-0.05, 0) is 68.1 Å². The number of benzene rings is 1. The average Bonchev–Trinajstić information content (AvgIpc) is 3.33. The number of halogens is 1. The number of nitrogens with one attached hydrogen (secondary N) is 1. The molecule has 2 fully saturated rings. The maximum absolute atomic E-state index is 14.7. The fourth-order valence-electron chi connectivity index (χ4n) is 3.80. The van der Waals surface area contributed by atoms with E-state index in [1.54, 1.807) is 24.4 Å². The lowest BCUT2D eigenvalue weighted by Gasteiger charge is -2.12. The van der Waals surface area contributed by atoms with Crippen molar-refractivity contribution in [3.05, 3.63) is 64.5 Å². The molecule has 3 aromatic rings. The van der Waals surface area contributed by atoms with Crippen LogP contribution in [-0.2, 0) is 4.74 Å². The molecule has 9 heteroatoms. The smallest absolute Gasteiger partial charge is 0.254 e. The second-order valence-electron chi connectivity index (χ2n) is 8.62. The standard InChI is InChI=1S/C25H24FN3O4S/c1-14(33-18-5-7-21(27-12-18)24(30)15-2-3-15)23-11-22(29-34-23)16-4-6-19(20(26)10-16)25(31)28-17-8-9-32-13-17/h4-7,10-12,14-15,17H,2-3,8-9,13H2,1H3,(H,28,31). The summed E-state index contributed by atoms with van der Waals surface area (Å²) >= 11 is 1.26. The number of amides is 1. The van der Waals surface area contributed by atoms with Crippen molar-refractivity contribution < 1.29 is 23.5 Å². The molecule has 1 aliphatic heterocycles. The minimum atomic E-state index is -0.598. The number of aromatic nitrogens is 2. The van der Waals surface area contributed by atoms with Crippen LogP contribution >= 0.6 is 11.5 Å². The lowest BCUT2D eigenvalue weighted by molar-refractivity contribution is 0.0924. The monoisotopic (exact) mass is 481 g/mol. The molecule has 5 rings (SSSR count). The van der Waals surface area contributed by atoms with E-state index in [1.807, 2.05) is 13.0 Å². The normalized spacial score (nSPS) is 18.5. The van der Waals surface area contributed by atoms with Crippen LogP contribution in [0.15, 0.2) is 42.6 Å². The Morgan fingerprint density at radius 3 is 2.74 bits per heavy atom. The molecule has 1 saturated heterocycles. The van der Waals surface area contributed by atoms with Crippen molar-refractivity contribution in [2.45, 2.75) is 38.3 Å². The van der Waals surface area contributed by atoms with Crippen LogP contribution in [0.1, 0.15) is 58.0 Å². The highest BCUT2D eigenvalue weighted by Gasteiger charge is 2.31. The summed E-state index contributed by atoms with van der Waals surface area (Å²) in [6.07, 6.45) is 3.87. The number of carbonyl (C=O) groups excluding carboxylic acids is 2. The van der Waals surface area contributed by atoms with Crippen molar-refractivity contribution in [3.63, 3.8) is 0 Å². The summed E-state index contributed by atoms with van der Waals surface area (Å²) in [5, 5.41) is 2.80. The molecule has 0 bridgehead atoms. The number of hydrogen-bond donors (Lipinski definition) is 1. The molecule has 2 aromatic heterocycles. The quantitative estimate of drug-likeness (QED) is 0.473. The average molecular weight is 482 g/mol. The summed E-state index contributed by atoms with van der Waals surface area (Å²) in [5.74, 6) is -0.262. The summed E-state index contributed by atoms with van der Waals surface area (Å²) < 4.78 is 30.3. The first kappa shape index (κ1) is 22.6. The number of nitrogens with zero attached hydrogens (tertiary/aromatic N) is 2. The fourth-order valence-corrected chi connectivity index (χ4v) is 4.52. The molecule has 2 unspecified atom stereocenters. The molecule has 1 N–H and O–H groups in total. The van der Waals surface area contributed by atoms with Gasteiger partial charge in [-0.15, -0.1) is 0 Å². The molecule has 176 valence electrons. The summed E-state index contributed by atoms with van der Waals surface area (Å²) in [5.41, 5.74) is 1.66.